The van der Waals surface area contributed by atoms with Gasteiger partial charge in [-0.15, -0.1) is 0 Å². The first kappa shape index (κ1) is 14.7. The van der Waals surface area contributed by atoms with Crippen LogP contribution in [0.4, 0.5) is 10.5 Å². The Hall–Kier alpha value is -1.71. The lowest BCUT2D eigenvalue weighted by Crippen LogP contribution is -2.42. The van der Waals surface area contributed by atoms with Crippen molar-refractivity contribution >= 4 is 35.0 Å². The van der Waals surface area contributed by atoms with E-state index in [9.17, 15) is 9.90 Å². The van der Waals surface area contributed by atoms with Crippen LogP contribution in [-0.2, 0) is 6.42 Å². The topological polar surface area (TPSA) is 43.4 Å². The van der Waals surface area contributed by atoms with Crippen molar-refractivity contribution in [3.05, 3.63) is 64.1 Å². The lowest BCUT2D eigenvalue weighted by atomic mass is 10.1. The molecule has 0 saturated carbocycles. The summed E-state index contributed by atoms with van der Waals surface area (Å²) < 4.78 is 0. The molecule has 0 atom stereocenters. The molecule has 20 heavy (non-hydrogen) atoms. The Morgan fingerprint density at radius 2 is 1.45 bits per heavy atom. The zero-order chi connectivity index (χ0) is 14.5. The summed E-state index contributed by atoms with van der Waals surface area (Å²) in [5.74, 6) is 0. The molecule has 0 saturated heterocycles. The number of halogens is 2. The molecule has 1 amide bonds. The molecule has 0 unspecified atom stereocenters. The van der Waals surface area contributed by atoms with Gasteiger partial charge in [-0.3, -0.25) is 0 Å². The van der Waals surface area contributed by atoms with Crippen LogP contribution in [0.2, 0.25) is 10.0 Å². The van der Waals surface area contributed by atoms with Gasteiger partial charge in [-0.25, -0.2) is 0 Å². The van der Waals surface area contributed by atoms with Crippen molar-refractivity contribution in [2.24, 2.45) is 0 Å². The third-order valence-electron chi connectivity index (χ3n) is 2.90. The van der Waals surface area contributed by atoms with E-state index < -0.39 is 6.09 Å². The maximum Gasteiger partial charge on any atom is 0.141 e. The Balaban J connectivity index is 2.08. The molecule has 3 nitrogen and oxygen atoms in total. The fraction of sp³-hybridized carbons (Fsp3) is 0.133. The summed E-state index contributed by atoms with van der Waals surface area (Å²) in [6.07, 6.45) is -0.658. The van der Waals surface area contributed by atoms with E-state index in [0.717, 1.165) is 5.56 Å². The molecule has 0 aliphatic rings. The molecule has 2 rings (SSSR count). The van der Waals surface area contributed by atoms with Crippen molar-refractivity contribution in [2.75, 3.05) is 11.4 Å². The minimum absolute atomic E-state index is 0.311. The third kappa shape index (κ3) is 3.89. The largest absolute Gasteiger partial charge is 0.530 e. The zero-order valence-corrected chi connectivity index (χ0v) is 12.1. The van der Waals surface area contributed by atoms with E-state index in [0.29, 0.717) is 28.7 Å². The van der Waals surface area contributed by atoms with E-state index in [2.05, 4.69) is 0 Å². The van der Waals surface area contributed by atoms with Gasteiger partial charge < -0.3 is 14.8 Å². The molecule has 0 aromatic heterocycles. The molecular weight excluding hydrogens is 297 g/mol. The molecule has 5 heteroatoms. The number of amides is 1. The Morgan fingerprint density at radius 1 is 0.950 bits per heavy atom. The SMILES string of the molecule is O=C([O-])N(CCc1ccc(Cl)cc1)c1ccc(Cl)cc1. The average molecular weight is 309 g/mol. The summed E-state index contributed by atoms with van der Waals surface area (Å²) in [4.78, 5) is 12.4. The van der Waals surface area contributed by atoms with Crippen molar-refractivity contribution in [1.82, 2.24) is 0 Å². The highest BCUT2D eigenvalue weighted by Gasteiger charge is 2.07. The van der Waals surface area contributed by atoms with Gasteiger partial charge in [0.05, 0.1) is 0 Å². The average Bonchev–Trinajstić information content (AvgIpc) is 2.43. The molecule has 104 valence electrons. The Morgan fingerprint density at radius 3 is 1.95 bits per heavy atom. The standard InChI is InChI=1S/C15H13Cl2NO2/c16-12-3-1-11(2-4-12)9-10-18(15(19)20)14-7-5-13(17)6-8-14/h1-8H,9-10H2,(H,19,20)/p-1. The molecule has 0 aliphatic heterocycles. The number of nitrogens with zero attached hydrogens (tertiary/aromatic N) is 1. The molecule has 0 bridgehead atoms. The van der Waals surface area contributed by atoms with E-state index in [1.165, 1.54) is 4.90 Å². The molecule has 0 N–H and O–H groups in total. The summed E-state index contributed by atoms with van der Waals surface area (Å²) in [6, 6.07) is 13.9. The van der Waals surface area contributed by atoms with Gasteiger partial charge in [-0.2, -0.15) is 0 Å². The molecule has 0 aliphatic carbocycles. The minimum Gasteiger partial charge on any atom is -0.530 e. The van der Waals surface area contributed by atoms with Crippen LogP contribution in [0.1, 0.15) is 5.56 Å². The van der Waals surface area contributed by atoms with Gasteiger partial charge in [0, 0.05) is 22.3 Å². The van der Waals surface area contributed by atoms with E-state index in [-0.39, 0.29) is 0 Å². The summed E-state index contributed by atoms with van der Waals surface area (Å²) in [6.45, 7) is 0.311. The Kier molecular flexibility index (Phi) is 4.88. The molecule has 0 spiro atoms. The van der Waals surface area contributed by atoms with Crippen LogP contribution in [0.25, 0.3) is 0 Å². The number of anilines is 1. The van der Waals surface area contributed by atoms with Crippen LogP contribution in [-0.4, -0.2) is 12.6 Å². The fourth-order valence-corrected chi connectivity index (χ4v) is 2.09. The second-order valence-electron chi connectivity index (χ2n) is 4.27. The predicted molar refractivity (Wildman–Crippen MR) is 79.4 cm³/mol. The van der Waals surface area contributed by atoms with Gasteiger partial charge in [-0.1, -0.05) is 35.3 Å². The number of carbonyl (C=O) groups is 1. The lowest BCUT2D eigenvalue weighted by molar-refractivity contribution is -0.246. The third-order valence-corrected chi connectivity index (χ3v) is 3.40. The molecule has 0 heterocycles. The fourth-order valence-electron chi connectivity index (χ4n) is 1.84. The van der Waals surface area contributed by atoms with Crippen molar-refractivity contribution < 1.29 is 9.90 Å². The normalized spacial score (nSPS) is 10.3. The Labute approximate surface area is 127 Å². The number of hydrogen-bond acceptors (Lipinski definition) is 2. The van der Waals surface area contributed by atoms with Gasteiger partial charge in [0.15, 0.2) is 0 Å². The number of benzene rings is 2. The van der Waals surface area contributed by atoms with E-state index in [4.69, 9.17) is 23.2 Å². The molecule has 2 aromatic carbocycles. The van der Waals surface area contributed by atoms with Crippen LogP contribution < -0.4 is 10.0 Å². The van der Waals surface area contributed by atoms with E-state index in [1.807, 2.05) is 12.1 Å². The molecule has 0 fully saturated rings. The summed E-state index contributed by atoms with van der Waals surface area (Å²) in [5.41, 5.74) is 1.55. The maximum atomic E-state index is 11.2. The Bertz CT molecular complexity index is 582. The smallest absolute Gasteiger partial charge is 0.141 e. The number of rotatable bonds is 4. The van der Waals surface area contributed by atoms with Gasteiger partial charge >= 0.3 is 0 Å². The lowest BCUT2D eigenvalue weighted by Gasteiger charge is -2.25. The van der Waals surface area contributed by atoms with Gasteiger partial charge in [0.1, 0.15) is 6.09 Å². The highest BCUT2D eigenvalue weighted by atomic mass is 35.5. The van der Waals surface area contributed by atoms with Gasteiger partial charge in [0.2, 0.25) is 0 Å². The van der Waals surface area contributed by atoms with Crippen molar-refractivity contribution in [3.63, 3.8) is 0 Å². The summed E-state index contributed by atoms with van der Waals surface area (Å²) in [7, 11) is 0. The van der Waals surface area contributed by atoms with Crippen LogP contribution in [0.5, 0.6) is 0 Å². The predicted octanol–water partition coefficient (Wildman–Crippen LogP) is 3.39. The van der Waals surface area contributed by atoms with E-state index in [1.54, 1.807) is 36.4 Å². The first-order valence-electron chi connectivity index (χ1n) is 6.05. The van der Waals surface area contributed by atoms with Gasteiger partial charge in [0.25, 0.3) is 0 Å². The second kappa shape index (κ2) is 6.64. The summed E-state index contributed by atoms with van der Waals surface area (Å²) in [5, 5.41) is 12.4. The minimum atomic E-state index is -1.23. The number of hydrogen-bond donors (Lipinski definition) is 0. The quantitative estimate of drug-likeness (QED) is 0.869. The van der Waals surface area contributed by atoms with E-state index >= 15 is 0 Å². The molecule has 0 radical (unpaired) electrons. The highest BCUT2D eigenvalue weighted by molar-refractivity contribution is 6.30. The zero-order valence-electron chi connectivity index (χ0n) is 10.6. The van der Waals surface area contributed by atoms with Gasteiger partial charge in [-0.05, 0) is 48.4 Å². The van der Waals surface area contributed by atoms with Crippen LogP contribution in [0, 0.1) is 0 Å². The van der Waals surface area contributed by atoms with Crippen molar-refractivity contribution in [3.8, 4) is 0 Å². The highest BCUT2D eigenvalue weighted by Crippen LogP contribution is 2.18. The first-order chi connectivity index (χ1) is 9.56. The second-order valence-corrected chi connectivity index (χ2v) is 5.14. The van der Waals surface area contributed by atoms with Crippen LogP contribution in [0.15, 0.2) is 48.5 Å². The van der Waals surface area contributed by atoms with Crippen LogP contribution in [0.3, 0.4) is 0 Å². The van der Waals surface area contributed by atoms with Crippen molar-refractivity contribution in [1.29, 1.82) is 0 Å². The first-order valence-corrected chi connectivity index (χ1v) is 6.80. The number of carboxylic acid groups (broad SMARTS) is 1. The molecular formula is C15H12Cl2NO2-. The van der Waals surface area contributed by atoms with Crippen molar-refractivity contribution in [2.45, 2.75) is 6.42 Å². The number of carbonyl (C=O) groups excluding carboxylic acids is 1. The summed E-state index contributed by atoms with van der Waals surface area (Å²) >= 11 is 11.6. The maximum absolute atomic E-state index is 11.2. The van der Waals surface area contributed by atoms with Crippen LogP contribution >= 0.6 is 23.2 Å². The monoisotopic (exact) mass is 308 g/mol. The molecule has 2 aromatic rings.